The maximum absolute atomic E-state index is 11.0. The Morgan fingerprint density at radius 3 is 1.47 bits per heavy atom. The number of anilines is 9. The second-order valence-electron chi connectivity index (χ2n) is 15.6. The highest BCUT2D eigenvalue weighted by Gasteiger charge is 2.49. The van der Waals surface area contributed by atoms with E-state index in [0.29, 0.717) is 39.7 Å². The van der Waals surface area contributed by atoms with Gasteiger partial charge in [-0.1, -0.05) is 97.1 Å². The molecule has 62 heavy (non-hydrogen) atoms. The van der Waals surface area contributed by atoms with Crippen molar-refractivity contribution in [1.29, 1.82) is 15.8 Å². The molecule has 10 heteroatoms. The quantitative estimate of drug-likeness (QED) is 0.131. The summed E-state index contributed by atoms with van der Waals surface area (Å²) in [6.45, 7) is 7.74. The van der Waals surface area contributed by atoms with Crippen LogP contribution in [0.2, 0.25) is 0 Å². The van der Waals surface area contributed by atoms with Crippen LogP contribution in [-0.2, 0) is 0 Å². The molecule has 4 aliphatic heterocycles. The topological polar surface area (TPSA) is 94.7 Å². The van der Waals surface area contributed by atoms with Crippen molar-refractivity contribution in [1.82, 2.24) is 0 Å². The Morgan fingerprint density at radius 2 is 0.919 bits per heavy atom. The van der Waals surface area contributed by atoms with E-state index in [4.69, 9.17) is 11.3 Å². The minimum atomic E-state index is -0.416. The van der Waals surface area contributed by atoms with Crippen LogP contribution in [0.3, 0.4) is 0 Å². The summed E-state index contributed by atoms with van der Waals surface area (Å²) in [5.74, 6) is 0.993. The highest BCUT2D eigenvalue weighted by Crippen LogP contribution is 2.50. The number of rotatable bonds is 3. The van der Waals surface area contributed by atoms with Gasteiger partial charge in [0.25, 0.3) is 6.71 Å². The largest absolute Gasteiger partial charge is 0.457 e. The van der Waals surface area contributed by atoms with Gasteiger partial charge in [0.15, 0.2) is 0 Å². The number of ether oxygens (including phenoxy) is 1. The Bertz CT molecular complexity index is 3420. The van der Waals surface area contributed by atoms with E-state index in [1.54, 1.807) is 12.1 Å². The number of fused-ring (bicyclic) bond motifs is 8. The number of nitrogens with zero attached hydrogens (tertiary/aromatic N) is 7. The fourth-order valence-corrected chi connectivity index (χ4v) is 10.2. The Hall–Kier alpha value is -8.95. The standard InChI is InChI=1S/C52H27B2N7O/c1-58-42-26-33(30-56)49-47-51(42)60(36-17-7-3-8-18-36)44-24-14-11-21-38(44)53(47)40-27-41-46(28-45(40)61(49)37-19-9-4-10-20-37)62-52-34(31-57)25-32(29-55)50-48(52)54(41)39-22-12-13-23-43(39)59(50)35-15-5-2-6-16-35/h2-28H. The van der Waals surface area contributed by atoms with Crippen molar-refractivity contribution in [3.8, 4) is 29.7 Å². The zero-order chi connectivity index (χ0) is 41.6. The lowest BCUT2D eigenvalue weighted by atomic mass is 9.30. The summed E-state index contributed by atoms with van der Waals surface area (Å²) in [6, 6.07) is 61.6. The molecule has 0 N–H and O–H groups in total. The highest BCUT2D eigenvalue weighted by molar-refractivity contribution is 7.02. The minimum absolute atomic E-state index is 0.275. The SMILES string of the molecule is [C-]#[N+]c1cc(C#N)c2c3c1N(c1ccccc1)c1ccccc1B3c1cc3c(cc1N2c1ccccc1)Oc1c(C#N)cc(C#N)c2c1B3c1ccccc1N2c1ccccc1. The zero-order valence-corrected chi connectivity index (χ0v) is 32.8. The first-order valence-electron chi connectivity index (χ1n) is 20.2. The Kier molecular flexibility index (Phi) is 7.51. The van der Waals surface area contributed by atoms with E-state index < -0.39 is 13.4 Å². The number of para-hydroxylation sites is 5. The molecule has 0 fully saturated rings. The maximum Gasteiger partial charge on any atom is 0.256 e. The fraction of sp³-hybridized carbons (Fsp3) is 0. The summed E-state index contributed by atoms with van der Waals surface area (Å²) in [5.41, 5.74) is 14.4. The van der Waals surface area contributed by atoms with E-state index >= 15 is 0 Å². The van der Waals surface area contributed by atoms with E-state index in [0.717, 1.165) is 72.6 Å². The van der Waals surface area contributed by atoms with Crippen molar-refractivity contribution in [2.24, 2.45) is 0 Å². The van der Waals surface area contributed by atoms with Gasteiger partial charge in [0.05, 0.1) is 40.7 Å². The number of benzene rings is 8. The van der Waals surface area contributed by atoms with Crippen LogP contribution in [-0.4, -0.2) is 13.4 Å². The van der Waals surface area contributed by atoms with Crippen LogP contribution in [0.15, 0.2) is 164 Å². The second-order valence-corrected chi connectivity index (χ2v) is 15.6. The van der Waals surface area contributed by atoms with Crippen molar-refractivity contribution >= 4 is 103 Å². The van der Waals surface area contributed by atoms with Crippen LogP contribution in [0.25, 0.3) is 4.85 Å². The molecule has 8 nitrogen and oxygen atoms in total. The molecular weight excluding hydrogens is 760 g/mol. The van der Waals surface area contributed by atoms with Gasteiger partial charge in [0.2, 0.25) is 12.4 Å². The normalized spacial score (nSPS) is 13.1. The lowest BCUT2D eigenvalue weighted by Crippen LogP contribution is -2.64. The van der Waals surface area contributed by atoms with Crippen LogP contribution in [0.5, 0.6) is 11.5 Å². The molecule has 12 rings (SSSR count). The summed E-state index contributed by atoms with van der Waals surface area (Å²) >= 11 is 0. The van der Waals surface area contributed by atoms with E-state index in [1.165, 1.54) is 0 Å². The summed E-state index contributed by atoms with van der Waals surface area (Å²) < 4.78 is 7.03. The van der Waals surface area contributed by atoms with Gasteiger partial charge in [-0.25, -0.2) is 4.85 Å². The van der Waals surface area contributed by atoms with Crippen molar-refractivity contribution in [3.05, 3.63) is 192 Å². The average molecular weight is 787 g/mol. The van der Waals surface area contributed by atoms with Crippen LogP contribution in [0, 0.1) is 40.6 Å². The first-order chi connectivity index (χ1) is 30.6. The molecule has 4 aliphatic rings. The molecule has 0 aliphatic carbocycles. The third kappa shape index (κ3) is 4.69. The summed E-state index contributed by atoms with van der Waals surface area (Å²) in [4.78, 5) is 10.5. The second kappa shape index (κ2) is 13.3. The number of nitriles is 3. The van der Waals surface area contributed by atoms with Crippen LogP contribution >= 0.6 is 0 Å². The number of hydrogen-bond donors (Lipinski definition) is 0. The lowest BCUT2D eigenvalue weighted by Gasteiger charge is -2.46. The molecule has 0 saturated carbocycles. The smallest absolute Gasteiger partial charge is 0.256 e. The average Bonchev–Trinajstić information content (AvgIpc) is 3.34. The van der Waals surface area contributed by atoms with Crippen LogP contribution in [0.1, 0.15) is 16.7 Å². The molecule has 0 unspecified atom stereocenters. The predicted molar refractivity (Wildman–Crippen MR) is 247 cm³/mol. The van der Waals surface area contributed by atoms with E-state index in [2.05, 4.69) is 74.2 Å². The molecule has 0 amide bonds. The molecule has 8 aromatic rings. The molecule has 0 spiro atoms. The van der Waals surface area contributed by atoms with Gasteiger partial charge in [-0.2, -0.15) is 15.8 Å². The molecule has 282 valence electrons. The van der Waals surface area contributed by atoms with Crippen LogP contribution < -0.4 is 52.2 Å². The lowest BCUT2D eigenvalue weighted by molar-refractivity contribution is 0.486. The predicted octanol–water partition coefficient (Wildman–Crippen LogP) is 8.34. The monoisotopic (exact) mass is 787 g/mol. The van der Waals surface area contributed by atoms with Gasteiger partial charge in [0.1, 0.15) is 23.6 Å². The molecule has 0 aromatic heterocycles. The van der Waals surface area contributed by atoms with Crippen molar-refractivity contribution in [3.63, 3.8) is 0 Å². The molecule has 4 heterocycles. The Labute approximate surface area is 358 Å². The third-order valence-electron chi connectivity index (χ3n) is 12.6. The van der Waals surface area contributed by atoms with Gasteiger partial charge in [-0.3, -0.25) is 0 Å². The first-order valence-corrected chi connectivity index (χ1v) is 20.2. The van der Waals surface area contributed by atoms with Crippen LogP contribution in [0.4, 0.5) is 56.9 Å². The molecule has 0 bridgehead atoms. The van der Waals surface area contributed by atoms with Gasteiger partial charge >= 0.3 is 0 Å². The fourth-order valence-electron chi connectivity index (χ4n) is 10.2. The van der Waals surface area contributed by atoms with Crippen molar-refractivity contribution in [2.45, 2.75) is 0 Å². The molecule has 0 saturated heterocycles. The minimum Gasteiger partial charge on any atom is -0.457 e. The zero-order valence-electron chi connectivity index (χ0n) is 32.8. The highest BCUT2D eigenvalue weighted by atomic mass is 16.5. The van der Waals surface area contributed by atoms with Gasteiger partial charge in [-0.05, 0) is 93.4 Å². The molecule has 8 aromatic carbocycles. The van der Waals surface area contributed by atoms with Gasteiger partial charge in [0, 0.05) is 45.9 Å². The third-order valence-corrected chi connectivity index (χ3v) is 12.6. The number of hydrogen-bond acceptors (Lipinski definition) is 7. The molecule has 0 radical (unpaired) electrons. The van der Waals surface area contributed by atoms with Crippen molar-refractivity contribution < 1.29 is 4.74 Å². The Balaban J connectivity index is 1.21. The summed E-state index contributed by atoms with van der Waals surface area (Å²) in [6.07, 6.45) is 0. The summed E-state index contributed by atoms with van der Waals surface area (Å²) in [7, 11) is 0. The Morgan fingerprint density at radius 1 is 0.452 bits per heavy atom. The maximum atomic E-state index is 11.0. The summed E-state index contributed by atoms with van der Waals surface area (Å²) in [5, 5.41) is 32.5. The van der Waals surface area contributed by atoms with E-state index in [-0.39, 0.29) is 5.56 Å². The molecular formula is C52H27B2N7O. The first kappa shape index (κ1) is 35.0. The van der Waals surface area contributed by atoms with Crippen molar-refractivity contribution in [2.75, 3.05) is 14.7 Å². The van der Waals surface area contributed by atoms with Gasteiger partial charge in [-0.15, -0.1) is 0 Å². The molecule has 0 atom stereocenters. The van der Waals surface area contributed by atoms with E-state index in [1.807, 2.05) is 115 Å². The van der Waals surface area contributed by atoms with E-state index in [9.17, 15) is 15.8 Å². The van der Waals surface area contributed by atoms with Gasteiger partial charge < -0.3 is 19.4 Å².